The molecule has 0 unspecified atom stereocenters. The second-order valence-corrected chi connectivity index (χ2v) is 7.53. The number of ether oxygens (including phenoxy) is 1. The van der Waals surface area contributed by atoms with E-state index in [0.717, 1.165) is 16.0 Å². The number of nitrogens with one attached hydrogen (secondary N) is 1. The van der Waals surface area contributed by atoms with Crippen LogP contribution in [0.4, 0.5) is 4.39 Å². The molecule has 0 saturated heterocycles. The average molecular weight is 411 g/mol. The van der Waals surface area contributed by atoms with E-state index < -0.39 is 23.8 Å². The van der Waals surface area contributed by atoms with Crippen molar-refractivity contribution < 1.29 is 18.7 Å². The van der Waals surface area contributed by atoms with Gasteiger partial charge in [-0.1, -0.05) is 55.5 Å². The molecule has 2 atom stereocenters. The van der Waals surface area contributed by atoms with Crippen LogP contribution in [-0.4, -0.2) is 18.5 Å². The smallest absolute Gasteiger partial charge is 0.313 e. The van der Waals surface area contributed by atoms with Crippen molar-refractivity contribution in [2.24, 2.45) is 0 Å². The van der Waals surface area contributed by atoms with Gasteiger partial charge in [-0.3, -0.25) is 9.59 Å². The van der Waals surface area contributed by atoms with Crippen LogP contribution in [0.3, 0.4) is 0 Å². The predicted octanol–water partition coefficient (Wildman–Crippen LogP) is 4.83. The van der Waals surface area contributed by atoms with E-state index in [9.17, 15) is 14.0 Å². The van der Waals surface area contributed by atoms with E-state index in [1.54, 1.807) is 12.1 Å². The van der Waals surface area contributed by atoms with Gasteiger partial charge in [0.25, 0.3) is 5.91 Å². The highest BCUT2D eigenvalue weighted by molar-refractivity contribution is 7.10. The number of hydrogen-bond donors (Lipinski definition) is 1. The van der Waals surface area contributed by atoms with Crippen LogP contribution < -0.4 is 5.32 Å². The fraction of sp³-hybridized carbons (Fsp3) is 0.217. The zero-order valence-electron chi connectivity index (χ0n) is 16.0. The topological polar surface area (TPSA) is 55.4 Å². The summed E-state index contributed by atoms with van der Waals surface area (Å²) in [5.74, 6) is -1.59. The molecule has 1 amide bonds. The quantitative estimate of drug-likeness (QED) is 0.540. The van der Waals surface area contributed by atoms with Crippen LogP contribution in [-0.2, 0) is 14.3 Å². The Kier molecular flexibility index (Phi) is 7.14. The number of benzene rings is 2. The first-order chi connectivity index (χ1) is 14.1. The van der Waals surface area contributed by atoms with E-state index in [4.69, 9.17) is 4.74 Å². The molecule has 1 aromatic heterocycles. The molecule has 2 aromatic carbocycles. The SMILES string of the molecule is CC[C@@H](C(=O)OCC(=O)N[C@@H](c1ccc(F)cc1)c1cccs1)c1ccccc1. The molecule has 3 aromatic rings. The van der Waals surface area contributed by atoms with E-state index in [1.807, 2.05) is 54.8 Å². The second-order valence-electron chi connectivity index (χ2n) is 6.55. The minimum Gasteiger partial charge on any atom is -0.455 e. The summed E-state index contributed by atoms with van der Waals surface area (Å²) in [7, 11) is 0. The molecule has 6 heteroatoms. The third kappa shape index (κ3) is 5.51. The lowest BCUT2D eigenvalue weighted by Crippen LogP contribution is -2.33. The van der Waals surface area contributed by atoms with Crippen molar-refractivity contribution in [3.63, 3.8) is 0 Å². The highest BCUT2D eigenvalue weighted by Crippen LogP contribution is 2.26. The van der Waals surface area contributed by atoms with Gasteiger partial charge in [0.2, 0.25) is 0 Å². The van der Waals surface area contributed by atoms with Crippen LogP contribution in [0.5, 0.6) is 0 Å². The van der Waals surface area contributed by atoms with Gasteiger partial charge in [0.05, 0.1) is 12.0 Å². The lowest BCUT2D eigenvalue weighted by atomic mass is 9.97. The minimum atomic E-state index is -0.433. The molecule has 4 nitrogen and oxygen atoms in total. The normalized spacial score (nSPS) is 12.8. The molecular weight excluding hydrogens is 389 g/mol. The van der Waals surface area contributed by atoms with Gasteiger partial charge in [0.1, 0.15) is 5.82 Å². The summed E-state index contributed by atoms with van der Waals surface area (Å²) in [5, 5.41) is 4.79. The summed E-state index contributed by atoms with van der Waals surface area (Å²) >= 11 is 1.49. The summed E-state index contributed by atoms with van der Waals surface area (Å²) in [5.41, 5.74) is 1.62. The highest BCUT2D eigenvalue weighted by Gasteiger charge is 2.23. The molecule has 150 valence electrons. The Morgan fingerprint density at radius 3 is 2.34 bits per heavy atom. The maximum absolute atomic E-state index is 13.3. The predicted molar refractivity (Wildman–Crippen MR) is 111 cm³/mol. The van der Waals surface area contributed by atoms with E-state index in [2.05, 4.69) is 5.32 Å². The van der Waals surface area contributed by atoms with Gasteiger partial charge < -0.3 is 10.1 Å². The molecule has 0 spiro atoms. The third-order valence-electron chi connectivity index (χ3n) is 4.58. The van der Waals surface area contributed by atoms with Crippen molar-refractivity contribution in [1.82, 2.24) is 5.32 Å². The number of carbonyl (C=O) groups excluding carboxylic acids is 2. The van der Waals surface area contributed by atoms with Gasteiger partial charge in [-0.2, -0.15) is 0 Å². The molecule has 0 radical (unpaired) electrons. The van der Waals surface area contributed by atoms with Crippen molar-refractivity contribution in [3.8, 4) is 0 Å². The first kappa shape index (κ1) is 20.7. The summed E-state index contributed by atoms with van der Waals surface area (Å²) in [6, 6.07) is 18.7. The molecule has 1 heterocycles. The van der Waals surface area contributed by atoms with E-state index in [0.29, 0.717) is 6.42 Å². The van der Waals surface area contributed by atoms with Crippen molar-refractivity contribution in [3.05, 3.63) is 93.9 Å². The molecule has 0 bridgehead atoms. The number of carbonyl (C=O) groups is 2. The monoisotopic (exact) mass is 411 g/mol. The Bertz CT molecular complexity index is 927. The Labute approximate surface area is 173 Å². The lowest BCUT2D eigenvalue weighted by molar-refractivity contribution is -0.150. The lowest BCUT2D eigenvalue weighted by Gasteiger charge is -2.19. The Balaban J connectivity index is 1.64. The summed E-state index contributed by atoms with van der Waals surface area (Å²) in [6.45, 7) is 1.53. The molecule has 0 aliphatic rings. The molecule has 29 heavy (non-hydrogen) atoms. The number of esters is 1. The Morgan fingerprint density at radius 2 is 1.72 bits per heavy atom. The summed E-state index contributed by atoms with van der Waals surface area (Å²) in [4.78, 5) is 25.9. The van der Waals surface area contributed by atoms with Gasteiger partial charge in [0, 0.05) is 4.88 Å². The molecule has 0 fully saturated rings. The third-order valence-corrected chi connectivity index (χ3v) is 5.51. The van der Waals surface area contributed by atoms with E-state index >= 15 is 0 Å². The van der Waals surface area contributed by atoms with Crippen LogP contribution in [0.1, 0.15) is 41.3 Å². The van der Waals surface area contributed by atoms with Crippen molar-refractivity contribution in [2.75, 3.05) is 6.61 Å². The number of rotatable bonds is 8. The maximum Gasteiger partial charge on any atom is 0.313 e. The van der Waals surface area contributed by atoms with Crippen LogP contribution >= 0.6 is 11.3 Å². The molecule has 0 aliphatic heterocycles. The minimum absolute atomic E-state index is 0.342. The molecular formula is C23H22FNO3S. The van der Waals surface area contributed by atoms with Crippen LogP contribution in [0.25, 0.3) is 0 Å². The number of hydrogen-bond acceptors (Lipinski definition) is 4. The summed E-state index contributed by atoms with van der Waals surface area (Å²) < 4.78 is 18.5. The van der Waals surface area contributed by atoms with Gasteiger partial charge >= 0.3 is 5.97 Å². The Hall–Kier alpha value is -2.99. The zero-order valence-corrected chi connectivity index (χ0v) is 16.8. The van der Waals surface area contributed by atoms with Crippen LogP contribution in [0.15, 0.2) is 72.1 Å². The Morgan fingerprint density at radius 1 is 1.00 bits per heavy atom. The standard InChI is InChI=1S/C23H22FNO3S/c1-2-19(16-7-4-3-5-8-16)23(27)28-15-21(26)25-22(20-9-6-14-29-20)17-10-12-18(24)13-11-17/h3-14,19,22H,2,15H2,1H3,(H,25,26)/t19-,22+/m1/s1. The van der Waals surface area contributed by atoms with Crippen molar-refractivity contribution in [1.29, 1.82) is 0 Å². The van der Waals surface area contributed by atoms with E-state index in [1.165, 1.54) is 23.5 Å². The number of thiophene rings is 1. The second kappa shape index (κ2) is 9.98. The fourth-order valence-corrected chi connectivity index (χ4v) is 3.90. The van der Waals surface area contributed by atoms with Crippen molar-refractivity contribution >= 4 is 23.2 Å². The molecule has 0 aliphatic carbocycles. The fourth-order valence-electron chi connectivity index (χ4n) is 3.09. The first-order valence-electron chi connectivity index (χ1n) is 9.38. The van der Waals surface area contributed by atoms with Crippen LogP contribution in [0, 0.1) is 5.82 Å². The highest BCUT2D eigenvalue weighted by atomic mass is 32.1. The van der Waals surface area contributed by atoms with Crippen molar-refractivity contribution in [2.45, 2.75) is 25.3 Å². The summed E-state index contributed by atoms with van der Waals surface area (Å²) in [6.07, 6.45) is 0.581. The van der Waals surface area contributed by atoms with Gasteiger partial charge in [0.15, 0.2) is 6.61 Å². The molecule has 3 rings (SSSR count). The maximum atomic E-state index is 13.3. The molecule has 1 N–H and O–H groups in total. The number of halogens is 1. The average Bonchev–Trinajstić information content (AvgIpc) is 3.27. The van der Waals surface area contributed by atoms with E-state index in [-0.39, 0.29) is 12.4 Å². The van der Waals surface area contributed by atoms with Gasteiger partial charge in [-0.25, -0.2) is 4.39 Å². The number of amides is 1. The zero-order chi connectivity index (χ0) is 20.6. The first-order valence-corrected chi connectivity index (χ1v) is 10.3. The van der Waals surface area contributed by atoms with Gasteiger partial charge in [-0.05, 0) is 41.1 Å². The molecule has 0 saturated carbocycles. The van der Waals surface area contributed by atoms with Gasteiger partial charge in [-0.15, -0.1) is 11.3 Å². The largest absolute Gasteiger partial charge is 0.455 e. The van der Waals surface area contributed by atoms with Crippen LogP contribution in [0.2, 0.25) is 0 Å².